The van der Waals surface area contributed by atoms with Gasteiger partial charge in [0.05, 0.1) is 25.4 Å². The van der Waals surface area contributed by atoms with Crippen LogP contribution in [0.15, 0.2) is 29.4 Å². The number of hydrogen-bond donors (Lipinski definition) is 0. The van der Waals surface area contributed by atoms with Gasteiger partial charge in [-0.2, -0.15) is 5.10 Å². The van der Waals surface area contributed by atoms with Crippen LogP contribution in [0.4, 0.5) is 5.69 Å². The van der Waals surface area contributed by atoms with Crippen LogP contribution in [0.1, 0.15) is 27.2 Å². The topological polar surface area (TPSA) is 106 Å². The molecule has 3 rings (SSSR count). The number of amides is 2. The molecule has 2 heterocycles. The number of anilines is 1. The van der Waals surface area contributed by atoms with Gasteiger partial charge in [-0.3, -0.25) is 19.4 Å². The first-order valence-electron chi connectivity index (χ1n) is 9.10. The fraction of sp³-hybridized carbons (Fsp3) is 0.450. The first kappa shape index (κ1) is 20.5. The summed E-state index contributed by atoms with van der Waals surface area (Å²) >= 11 is 0. The van der Waals surface area contributed by atoms with E-state index in [0.29, 0.717) is 11.4 Å². The number of benzene rings is 1. The maximum Gasteiger partial charge on any atom is 0.355 e. The molecule has 1 aromatic carbocycles. The highest BCUT2D eigenvalue weighted by Gasteiger charge is 2.60. The van der Waals surface area contributed by atoms with Crippen molar-refractivity contribution in [2.45, 2.75) is 38.8 Å². The molecule has 1 saturated heterocycles. The molecule has 0 radical (unpaired) electrons. The van der Waals surface area contributed by atoms with Gasteiger partial charge in [0.1, 0.15) is 23.5 Å². The third kappa shape index (κ3) is 3.37. The van der Waals surface area contributed by atoms with Crippen molar-refractivity contribution in [3.8, 4) is 5.75 Å². The lowest BCUT2D eigenvalue weighted by Crippen LogP contribution is -2.50. The highest BCUT2D eigenvalue weighted by Crippen LogP contribution is 2.40. The Kier molecular flexibility index (Phi) is 5.16. The van der Waals surface area contributed by atoms with E-state index in [1.54, 1.807) is 38.1 Å². The van der Waals surface area contributed by atoms with Crippen molar-refractivity contribution in [1.29, 1.82) is 0 Å². The molecule has 0 aliphatic carbocycles. The second kappa shape index (κ2) is 7.31. The molecule has 29 heavy (non-hydrogen) atoms. The minimum absolute atomic E-state index is 0.0954. The average molecular weight is 401 g/mol. The van der Waals surface area contributed by atoms with E-state index in [1.807, 2.05) is 0 Å². The van der Waals surface area contributed by atoms with Gasteiger partial charge in [-0.15, -0.1) is 0 Å². The molecule has 154 valence electrons. The van der Waals surface area contributed by atoms with Crippen LogP contribution in [0.5, 0.6) is 5.75 Å². The summed E-state index contributed by atoms with van der Waals surface area (Å²) in [7, 11) is 2.70. The standard InChI is InChI=1S/C20H23N3O6/c1-11(24)10-20(2,3)23-16-14(15(21-23)19(27)29-5)17(25)22(18(16)26)12-6-8-13(28-4)9-7-12/h6-9,14,16H,10H2,1-5H3/t14-,16+/m1/s1. The molecule has 2 aliphatic rings. The number of imide groups is 1. The third-order valence-electron chi connectivity index (χ3n) is 5.08. The lowest BCUT2D eigenvalue weighted by Gasteiger charge is -2.36. The number of Topliss-reactive ketones (excluding diaryl/α,β-unsaturated/α-hetero) is 1. The first-order valence-corrected chi connectivity index (χ1v) is 9.10. The number of ether oxygens (including phenoxy) is 2. The smallest absolute Gasteiger partial charge is 0.355 e. The van der Waals surface area contributed by atoms with Crippen LogP contribution >= 0.6 is 0 Å². The molecule has 0 bridgehead atoms. The van der Waals surface area contributed by atoms with Crippen molar-refractivity contribution in [3.63, 3.8) is 0 Å². The average Bonchev–Trinajstić information content (AvgIpc) is 3.18. The maximum absolute atomic E-state index is 13.3. The monoisotopic (exact) mass is 401 g/mol. The maximum atomic E-state index is 13.3. The molecule has 9 nitrogen and oxygen atoms in total. The molecule has 1 fully saturated rings. The summed E-state index contributed by atoms with van der Waals surface area (Å²) < 4.78 is 9.89. The summed E-state index contributed by atoms with van der Waals surface area (Å²) in [5, 5.41) is 5.66. The molecule has 0 spiro atoms. The van der Waals surface area contributed by atoms with E-state index in [2.05, 4.69) is 5.10 Å². The van der Waals surface area contributed by atoms with Gasteiger partial charge in [-0.05, 0) is 45.0 Å². The van der Waals surface area contributed by atoms with E-state index in [4.69, 9.17) is 9.47 Å². The molecule has 0 aromatic heterocycles. The second-order valence-corrected chi connectivity index (χ2v) is 7.65. The number of methoxy groups -OCH3 is 2. The Balaban J connectivity index is 2.05. The molecule has 2 amide bonds. The van der Waals surface area contributed by atoms with Gasteiger partial charge in [0.15, 0.2) is 5.71 Å². The Bertz CT molecular complexity index is 905. The van der Waals surface area contributed by atoms with E-state index in [-0.39, 0.29) is 17.9 Å². The van der Waals surface area contributed by atoms with E-state index < -0.39 is 35.3 Å². The van der Waals surface area contributed by atoms with Crippen LogP contribution in [0.25, 0.3) is 0 Å². The van der Waals surface area contributed by atoms with Crippen molar-refractivity contribution in [2.75, 3.05) is 19.1 Å². The van der Waals surface area contributed by atoms with E-state index in [9.17, 15) is 19.2 Å². The Hall–Kier alpha value is -3.23. The second-order valence-electron chi connectivity index (χ2n) is 7.65. The summed E-state index contributed by atoms with van der Waals surface area (Å²) in [4.78, 5) is 51.5. The van der Waals surface area contributed by atoms with E-state index >= 15 is 0 Å². The third-order valence-corrected chi connectivity index (χ3v) is 5.08. The zero-order chi connectivity index (χ0) is 21.5. The van der Waals surface area contributed by atoms with E-state index in [1.165, 1.54) is 26.2 Å². The number of carbonyl (C=O) groups excluding carboxylic acids is 4. The molecular weight excluding hydrogens is 378 g/mol. The Morgan fingerprint density at radius 1 is 1.10 bits per heavy atom. The number of ketones is 1. The Morgan fingerprint density at radius 3 is 2.24 bits per heavy atom. The summed E-state index contributed by atoms with van der Waals surface area (Å²) in [6, 6.07) is 5.44. The van der Waals surface area contributed by atoms with Crippen LogP contribution in [0.3, 0.4) is 0 Å². The van der Waals surface area contributed by atoms with Gasteiger partial charge in [-0.25, -0.2) is 9.69 Å². The number of nitrogens with zero attached hydrogens (tertiary/aromatic N) is 3. The predicted molar refractivity (Wildman–Crippen MR) is 103 cm³/mol. The number of hydrogen-bond acceptors (Lipinski definition) is 8. The largest absolute Gasteiger partial charge is 0.497 e. The normalized spacial score (nSPS) is 21.2. The fourth-order valence-electron chi connectivity index (χ4n) is 3.87. The highest BCUT2D eigenvalue weighted by atomic mass is 16.5. The molecule has 0 saturated carbocycles. The molecular formula is C20H23N3O6. The van der Waals surface area contributed by atoms with Gasteiger partial charge in [0, 0.05) is 6.42 Å². The van der Waals surface area contributed by atoms with Crippen molar-refractivity contribution in [2.24, 2.45) is 11.0 Å². The molecule has 9 heteroatoms. The van der Waals surface area contributed by atoms with E-state index in [0.717, 1.165) is 4.90 Å². The van der Waals surface area contributed by atoms with Crippen LogP contribution < -0.4 is 9.64 Å². The van der Waals surface area contributed by atoms with Gasteiger partial charge >= 0.3 is 5.97 Å². The van der Waals surface area contributed by atoms with Crippen LogP contribution in [0, 0.1) is 5.92 Å². The summed E-state index contributed by atoms with van der Waals surface area (Å²) in [6.07, 6.45) is 0.0954. The van der Waals surface area contributed by atoms with Crippen molar-refractivity contribution >= 4 is 35.0 Å². The van der Waals surface area contributed by atoms with Crippen LogP contribution in [-0.2, 0) is 23.9 Å². The van der Waals surface area contributed by atoms with Gasteiger partial charge in [0.2, 0.25) is 5.91 Å². The molecule has 1 aromatic rings. The molecule has 2 aliphatic heterocycles. The SMILES string of the molecule is COC(=O)C1=NN(C(C)(C)CC(C)=O)[C@@H]2C(=O)N(c3ccc(OC)cc3)C(=O)[C@H]12. The van der Waals surface area contributed by atoms with Crippen molar-refractivity contribution < 1.29 is 28.7 Å². The van der Waals surface area contributed by atoms with Crippen molar-refractivity contribution in [1.82, 2.24) is 5.01 Å². The number of hydrazone groups is 1. The number of carbonyl (C=O) groups is 4. The van der Waals surface area contributed by atoms with Crippen LogP contribution in [-0.4, -0.2) is 60.1 Å². The Labute approximate surface area is 168 Å². The molecule has 2 atom stereocenters. The van der Waals surface area contributed by atoms with Gasteiger partial charge in [-0.1, -0.05) is 0 Å². The molecule has 0 N–H and O–H groups in total. The summed E-state index contributed by atoms with van der Waals surface area (Å²) in [6.45, 7) is 4.91. The zero-order valence-corrected chi connectivity index (χ0v) is 17.0. The lowest BCUT2D eigenvalue weighted by molar-refractivity contribution is -0.133. The fourth-order valence-corrected chi connectivity index (χ4v) is 3.87. The molecule has 0 unspecified atom stereocenters. The number of fused-ring (bicyclic) bond motifs is 1. The predicted octanol–water partition coefficient (Wildman–Crippen LogP) is 1.16. The number of esters is 1. The lowest BCUT2D eigenvalue weighted by atomic mass is 9.92. The quantitative estimate of drug-likeness (QED) is 0.520. The number of rotatable bonds is 6. The minimum atomic E-state index is -1.09. The summed E-state index contributed by atoms with van der Waals surface area (Å²) in [5.41, 5.74) is -0.650. The summed E-state index contributed by atoms with van der Waals surface area (Å²) in [5.74, 6) is -2.46. The highest BCUT2D eigenvalue weighted by molar-refractivity contribution is 6.46. The zero-order valence-electron chi connectivity index (χ0n) is 17.0. The van der Waals surface area contributed by atoms with Gasteiger partial charge in [0.25, 0.3) is 5.91 Å². The minimum Gasteiger partial charge on any atom is -0.497 e. The van der Waals surface area contributed by atoms with Crippen LogP contribution in [0.2, 0.25) is 0 Å². The Morgan fingerprint density at radius 2 is 1.72 bits per heavy atom. The first-order chi connectivity index (χ1) is 13.6. The van der Waals surface area contributed by atoms with Crippen molar-refractivity contribution in [3.05, 3.63) is 24.3 Å². The van der Waals surface area contributed by atoms with Gasteiger partial charge < -0.3 is 9.47 Å².